The third kappa shape index (κ3) is 4.39. The molecule has 2 aromatic carbocycles. The summed E-state index contributed by atoms with van der Waals surface area (Å²) in [7, 11) is 3.52. The predicted molar refractivity (Wildman–Crippen MR) is 130 cm³/mol. The van der Waals surface area contributed by atoms with Crippen molar-refractivity contribution in [3.05, 3.63) is 81.3 Å². The summed E-state index contributed by atoms with van der Waals surface area (Å²) >= 11 is 0. The molecule has 33 heavy (non-hydrogen) atoms. The van der Waals surface area contributed by atoms with Gasteiger partial charge in [-0.15, -0.1) is 0 Å². The fourth-order valence-corrected chi connectivity index (χ4v) is 3.91. The summed E-state index contributed by atoms with van der Waals surface area (Å²) in [5.74, 6) is 0.597. The van der Waals surface area contributed by atoms with Crippen LogP contribution in [0.1, 0.15) is 28.8 Å². The van der Waals surface area contributed by atoms with E-state index in [1.54, 1.807) is 7.11 Å². The molecule has 0 unspecified atom stereocenters. The number of ether oxygens (including phenoxy) is 1. The number of nitrogens with zero attached hydrogens (tertiary/aromatic N) is 3. The maximum absolute atomic E-state index is 13.3. The number of nitrogens with one attached hydrogen (secondary N) is 1. The second-order valence-corrected chi connectivity index (χ2v) is 8.31. The van der Waals surface area contributed by atoms with Crippen LogP contribution in [0.25, 0.3) is 16.9 Å². The number of benzene rings is 2. The van der Waals surface area contributed by atoms with E-state index in [0.29, 0.717) is 23.3 Å². The fourth-order valence-electron chi connectivity index (χ4n) is 3.91. The van der Waals surface area contributed by atoms with Crippen LogP contribution in [0.3, 0.4) is 0 Å². The van der Waals surface area contributed by atoms with E-state index >= 15 is 0 Å². The number of aryl methyl sites for hydroxylation is 3. The predicted octanol–water partition coefficient (Wildman–Crippen LogP) is 4.21. The lowest BCUT2D eigenvalue weighted by Gasteiger charge is -2.12. The van der Waals surface area contributed by atoms with Gasteiger partial charge in [-0.05, 0) is 62.6 Å². The van der Waals surface area contributed by atoms with Crippen LogP contribution in [0.15, 0.2) is 53.3 Å². The number of rotatable bonds is 6. The van der Waals surface area contributed by atoms with E-state index in [1.807, 2.05) is 80.9 Å². The molecule has 0 fully saturated rings. The maximum atomic E-state index is 13.3. The lowest BCUT2D eigenvalue weighted by Crippen LogP contribution is -2.26. The van der Waals surface area contributed by atoms with Gasteiger partial charge in [0.2, 0.25) is 5.91 Å². The van der Waals surface area contributed by atoms with Crippen molar-refractivity contribution in [1.29, 1.82) is 0 Å². The van der Waals surface area contributed by atoms with Gasteiger partial charge in [0.1, 0.15) is 11.4 Å². The highest BCUT2D eigenvalue weighted by Crippen LogP contribution is 2.24. The van der Waals surface area contributed by atoms with Crippen molar-refractivity contribution in [1.82, 2.24) is 14.2 Å². The van der Waals surface area contributed by atoms with Gasteiger partial charge in [-0.1, -0.05) is 18.2 Å². The van der Waals surface area contributed by atoms with E-state index in [-0.39, 0.29) is 17.9 Å². The van der Waals surface area contributed by atoms with Crippen molar-refractivity contribution < 1.29 is 9.53 Å². The summed E-state index contributed by atoms with van der Waals surface area (Å²) < 4.78 is 8.66. The topological polar surface area (TPSA) is 77.6 Å². The molecule has 0 aliphatic heterocycles. The molecule has 0 bridgehead atoms. The minimum Gasteiger partial charge on any atom is -0.497 e. The molecule has 0 spiro atoms. The Morgan fingerprint density at radius 2 is 1.85 bits per heavy atom. The highest BCUT2D eigenvalue weighted by atomic mass is 16.5. The van der Waals surface area contributed by atoms with Crippen molar-refractivity contribution in [3.63, 3.8) is 0 Å². The SMILES string of the molecule is COc1cccc(-c2cc3n(C)c(C)c(CCC(=O)Nc4ccc(C)c(C)c4)c(=O)n3n2)c1. The molecule has 0 aliphatic rings. The first kappa shape index (κ1) is 22.3. The third-order valence-corrected chi connectivity index (χ3v) is 6.18. The monoisotopic (exact) mass is 444 g/mol. The van der Waals surface area contributed by atoms with Crippen LogP contribution in [0.5, 0.6) is 5.75 Å². The summed E-state index contributed by atoms with van der Waals surface area (Å²) in [6.45, 7) is 5.94. The molecule has 7 heteroatoms. The number of carbonyl (C=O) groups is 1. The first-order chi connectivity index (χ1) is 15.8. The summed E-state index contributed by atoms with van der Waals surface area (Å²) in [5, 5.41) is 7.49. The molecule has 2 heterocycles. The smallest absolute Gasteiger partial charge is 0.277 e. The lowest BCUT2D eigenvalue weighted by atomic mass is 10.1. The first-order valence-corrected chi connectivity index (χ1v) is 10.9. The highest BCUT2D eigenvalue weighted by Gasteiger charge is 2.17. The molecule has 4 rings (SSSR count). The van der Waals surface area contributed by atoms with Gasteiger partial charge in [-0.25, -0.2) is 0 Å². The van der Waals surface area contributed by atoms with Crippen LogP contribution in [0.4, 0.5) is 5.69 Å². The van der Waals surface area contributed by atoms with Crippen LogP contribution in [-0.2, 0) is 18.3 Å². The van der Waals surface area contributed by atoms with E-state index in [9.17, 15) is 9.59 Å². The number of carbonyl (C=O) groups excluding carboxylic acids is 1. The average Bonchev–Trinajstić information content (AvgIpc) is 3.26. The standard InChI is InChI=1S/C26H28N4O3/c1-16-9-10-20(13-17(16)2)27-24(31)12-11-22-18(3)29(4)25-15-23(28-30(25)26(22)32)19-7-6-8-21(14-19)33-5/h6-10,13-15H,11-12H2,1-5H3,(H,27,31). The van der Waals surface area contributed by atoms with Crippen LogP contribution in [0, 0.1) is 20.8 Å². The molecule has 0 saturated heterocycles. The number of hydrogen-bond donors (Lipinski definition) is 1. The minimum atomic E-state index is -0.200. The van der Waals surface area contributed by atoms with Crippen LogP contribution < -0.4 is 15.6 Å². The molecular formula is C26H28N4O3. The molecule has 0 atom stereocenters. The Labute approximate surface area is 192 Å². The Bertz CT molecular complexity index is 1420. The Morgan fingerprint density at radius 1 is 1.06 bits per heavy atom. The number of fused-ring (bicyclic) bond motifs is 1. The van der Waals surface area contributed by atoms with Crippen molar-refractivity contribution in [2.75, 3.05) is 12.4 Å². The molecule has 0 radical (unpaired) electrons. The summed E-state index contributed by atoms with van der Waals surface area (Å²) in [4.78, 5) is 25.8. The van der Waals surface area contributed by atoms with E-state index in [2.05, 4.69) is 10.4 Å². The number of hydrogen-bond acceptors (Lipinski definition) is 4. The van der Waals surface area contributed by atoms with Gasteiger partial charge >= 0.3 is 0 Å². The van der Waals surface area contributed by atoms with Gasteiger partial charge in [-0.2, -0.15) is 9.61 Å². The molecular weight excluding hydrogens is 416 g/mol. The van der Waals surface area contributed by atoms with Crippen molar-refractivity contribution in [2.45, 2.75) is 33.6 Å². The largest absolute Gasteiger partial charge is 0.497 e. The van der Waals surface area contributed by atoms with Crippen molar-refractivity contribution in [2.24, 2.45) is 7.05 Å². The second kappa shape index (κ2) is 8.94. The van der Waals surface area contributed by atoms with Gasteiger partial charge in [0, 0.05) is 42.0 Å². The minimum absolute atomic E-state index is 0.127. The van der Waals surface area contributed by atoms with Gasteiger partial charge < -0.3 is 14.6 Å². The van der Waals surface area contributed by atoms with Crippen LogP contribution in [0.2, 0.25) is 0 Å². The Balaban J connectivity index is 1.60. The molecule has 0 aliphatic carbocycles. The molecule has 0 saturated carbocycles. The normalized spacial score (nSPS) is 11.1. The van der Waals surface area contributed by atoms with Crippen LogP contribution in [-0.4, -0.2) is 27.2 Å². The number of methoxy groups -OCH3 is 1. The van der Waals surface area contributed by atoms with Gasteiger partial charge in [0.25, 0.3) is 5.56 Å². The molecule has 4 aromatic rings. The Morgan fingerprint density at radius 3 is 2.58 bits per heavy atom. The van der Waals surface area contributed by atoms with Crippen LogP contribution >= 0.6 is 0 Å². The van der Waals surface area contributed by atoms with E-state index < -0.39 is 0 Å². The number of aromatic nitrogens is 3. The molecule has 1 amide bonds. The molecule has 2 aromatic heterocycles. The van der Waals surface area contributed by atoms with E-state index in [1.165, 1.54) is 10.1 Å². The zero-order valence-corrected chi connectivity index (χ0v) is 19.6. The number of anilines is 1. The summed E-state index contributed by atoms with van der Waals surface area (Å²) in [6, 6.07) is 15.3. The number of amides is 1. The van der Waals surface area contributed by atoms with Gasteiger partial charge in [0.05, 0.1) is 12.8 Å². The molecule has 7 nitrogen and oxygen atoms in total. The van der Waals surface area contributed by atoms with E-state index in [4.69, 9.17) is 4.74 Å². The Kier molecular flexibility index (Phi) is 6.05. The third-order valence-electron chi connectivity index (χ3n) is 6.18. The zero-order chi connectivity index (χ0) is 23.7. The quantitative estimate of drug-likeness (QED) is 0.483. The van der Waals surface area contributed by atoms with Crippen molar-refractivity contribution in [3.8, 4) is 17.0 Å². The van der Waals surface area contributed by atoms with Gasteiger partial charge in [-0.3, -0.25) is 9.59 Å². The molecule has 1 N–H and O–H groups in total. The van der Waals surface area contributed by atoms with E-state index in [0.717, 1.165) is 28.3 Å². The average molecular weight is 445 g/mol. The lowest BCUT2D eigenvalue weighted by molar-refractivity contribution is -0.116. The van der Waals surface area contributed by atoms with Gasteiger partial charge in [0.15, 0.2) is 0 Å². The summed E-state index contributed by atoms with van der Waals surface area (Å²) in [5.41, 5.74) is 6.51. The zero-order valence-electron chi connectivity index (χ0n) is 19.6. The summed E-state index contributed by atoms with van der Waals surface area (Å²) in [6.07, 6.45) is 0.540. The fraction of sp³-hybridized carbons (Fsp3) is 0.269. The second-order valence-electron chi connectivity index (χ2n) is 8.31. The molecule has 170 valence electrons. The highest BCUT2D eigenvalue weighted by molar-refractivity contribution is 5.91. The first-order valence-electron chi connectivity index (χ1n) is 10.9. The maximum Gasteiger partial charge on any atom is 0.277 e. The Hall–Kier alpha value is -3.87. The van der Waals surface area contributed by atoms with Crippen molar-refractivity contribution >= 4 is 17.2 Å².